The van der Waals surface area contributed by atoms with Gasteiger partial charge in [0.1, 0.15) is 9.85 Å². The van der Waals surface area contributed by atoms with Crippen molar-refractivity contribution >= 4 is 57.3 Å². The summed E-state index contributed by atoms with van der Waals surface area (Å²) in [5, 5.41) is 35.3. The monoisotopic (exact) mass is 257 g/mol. The van der Waals surface area contributed by atoms with Gasteiger partial charge in [0.05, 0.1) is 0 Å². The first-order chi connectivity index (χ1) is 6.93. The van der Waals surface area contributed by atoms with Gasteiger partial charge in [0.2, 0.25) is 0 Å². The molecule has 12 nitrogen and oxygen atoms in total. The number of hydrogen-bond acceptors (Lipinski definition) is 8. The average Bonchev–Trinajstić information content (AvgIpc) is 2.51. The summed E-state index contributed by atoms with van der Waals surface area (Å²) in [4.78, 5) is 30.0. The van der Waals surface area contributed by atoms with Crippen molar-refractivity contribution in [2.24, 2.45) is 0 Å². The van der Waals surface area contributed by atoms with Crippen molar-refractivity contribution in [2.75, 3.05) is 0 Å². The molecule has 0 saturated heterocycles. The average molecular weight is 257 g/mol. The van der Waals surface area contributed by atoms with Crippen LogP contribution in [0.2, 0.25) is 0 Å². The number of aromatic nitrogens is 3. The summed E-state index contributed by atoms with van der Waals surface area (Å²) < 4.78 is 0. The second kappa shape index (κ2) is 5.90. The molecule has 0 amide bonds. The standard InChI is InChI=1S/C3H2N6O6.K/c10-7(11)2(8(12)13)1-4-3(6-5-1)9(14)15;/h2H,(H,4,5,6);. The topological polar surface area (TPSA) is 171 Å². The van der Waals surface area contributed by atoms with E-state index in [-0.39, 0.29) is 51.4 Å². The zero-order valence-corrected chi connectivity index (χ0v) is 10.9. The van der Waals surface area contributed by atoms with Crippen LogP contribution in [0.3, 0.4) is 0 Å². The van der Waals surface area contributed by atoms with E-state index in [0.717, 1.165) is 0 Å². The van der Waals surface area contributed by atoms with Crippen molar-refractivity contribution in [1.29, 1.82) is 0 Å². The minimum absolute atomic E-state index is 0. The Kier molecular flexibility index (Phi) is 5.52. The molecule has 1 aromatic heterocycles. The number of nitrogens with one attached hydrogen (secondary N) is 1. The molecule has 13 heteroatoms. The van der Waals surface area contributed by atoms with Gasteiger partial charge >= 0.3 is 17.9 Å². The molecule has 0 aliphatic carbocycles. The molecule has 0 aromatic carbocycles. The van der Waals surface area contributed by atoms with Gasteiger partial charge in [0.15, 0.2) is 0 Å². The molecular formula is C3H2KN6O6. The van der Waals surface area contributed by atoms with Crippen LogP contribution >= 0.6 is 0 Å². The zero-order valence-electron chi connectivity index (χ0n) is 7.76. The first-order valence-electron chi connectivity index (χ1n) is 3.27. The van der Waals surface area contributed by atoms with Crippen molar-refractivity contribution in [1.82, 2.24) is 15.2 Å². The van der Waals surface area contributed by atoms with E-state index in [0.29, 0.717) is 0 Å². The summed E-state index contributed by atoms with van der Waals surface area (Å²) in [6.45, 7) is 0. The molecule has 0 fully saturated rings. The minimum Gasteiger partial charge on any atom is -0.390 e. The molecule has 0 atom stereocenters. The number of nitro groups is 3. The van der Waals surface area contributed by atoms with Crippen LogP contribution in [0.1, 0.15) is 12.0 Å². The molecule has 1 heterocycles. The van der Waals surface area contributed by atoms with Crippen LogP contribution in [0, 0.1) is 30.3 Å². The van der Waals surface area contributed by atoms with Crippen molar-refractivity contribution in [2.45, 2.75) is 6.17 Å². The van der Waals surface area contributed by atoms with E-state index in [9.17, 15) is 30.3 Å². The first-order valence-corrected chi connectivity index (χ1v) is 3.27. The van der Waals surface area contributed by atoms with E-state index in [1.165, 1.54) is 0 Å². The Morgan fingerprint density at radius 1 is 1.12 bits per heavy atom. The normalized spacial score (nSPS) is 9.56. The summed E-state index contributed by atoms with van der Waals surface area (Å²) in [7, 11) is 0. The summed E-state index contributed by atoms with van der Waals surface area (Å²) in [6, 6.07) is 0. The van der Waals surface area contributed by atoms with Crippen molar-refractivity contribution < 1.29 is 14.8 Å². The largest absolute Gasteiger partial charge is 0.527 e. The molecule has 1 rings (SSSR count). The number of aromatic amines is 1. The number of H-pyrrole nitrogens is 1. The summed E-state index contributed by atoms with van der Waals surface area (Å²) in [5.74, 6) is -1.75. The predicted octanol–water partition coefficient (Wildman–Crippen LogP) is -1.12. The van der Waals surface area contributed by atoms with Crippen LogP contribution in [-0.2, 0) is 0 Å². The van der Waals surface area contributed by atoms with Crippen molar-refractivity contribution in [3.8, 4) is 0 Å². The molecule has 1 N–H and O–H groups in total. The number of rotatable bonds is 4. The van der Waals surface area contributed by atoms with Crippen molar-refractivity contribution in [3.05, 3.63) is 36.2 Å². The molecule has 0 aliphatic rings. The molecule has 0 aliphatic heterocycles. The smallest absolute Gasteiger partial charge is 0.390 e. The maximum Gasteiger partial charge on any atom is 0.527 e. The first kappa shape index (κ1) is 15.0. The minimum atomic E-state index is -2.41. The predicted molar refractivity (Wildman–Crippen MR) is 45.5 cm³/mol. The second-order valence-electron chi connectivity index (χ2n) is 2.22. The van der Waals surface area contributed by atoms with E-state index < -0.39 is 32.7 Å². The van der Waals surface area contributed by atoms with Crippen LogP contribution < -0.4 is 0 Å². The van der Waals surface area contributed by atoms with E-state index in [1.807, 2.05) is 0 Å². The van der Waals surface area contributed by atoms with Crippen LogP contribution in [0.25, 0.3) is 0 Å². The van der Waals surface area contributed by atoms with E-state index in [2.05, 4.69) is 10.1 Å². The Morgan fingerprint density at radius 2 is 1.62 bits per heavy atom. The quantitative estimate of drug-likeness (QED) is 0.305. The molecule has 81 valence electrons. The maximum absolute atomic E-state index is 10.2. The fraction of sp³-hybridized carbons (Fsp3) is 0.333. The SMILES string of the molecule is O=[N+]([O-])c1nc(C([N+](=O)[O-])[N+](=O)[O-])n[nH]1.[K]. The Balaban J connectivity index is 0.00000225. The van der Waals surface area contributed by atoms with Crippen LogP contribution in [-0.4, -0.2) is 81.3 Å². The third kappa shape index (κ3) is 3.24. The Bertz CT molecular complexity index is 416. The van der Waals surface area contributed by atoms with Gasteiger partial charge in [-0.1, -0.05) is 5.10 Å². The fourth-order valence-electron chi connectivity index (χ4n) is 0.728. The van der Waals surface area contributed by atoms with Crippen molar-refractivity contribution in [3.63, 3.8) is 0 Å². The van der Waals surface area contributed by atoms with Gasteiger partial charge in [-0.05, 0) is 9.91 Å². The summed E-state index contributed by atoms with van der Waals surface area (Å²) in [6.07, 6.45) is -2.41. The molecule has 1 aromatic rings. The Labute approximate surface area is 128 Å². The van der Waals surface area contributed by atoms with E-state index in [4.69, 9.17) is 0 Å². The molecule has 0 unspecified atom stereocenters. The number of nitrogens with zero attached hydrogens (tertiary/aromatic N) is 5. The molecule has 0 bridgehead atoms. The molecule has 1 radical (unpaired) electrons. The Morgan fingerprint density at radius 3 is 1.94 bits per heavy atom. The fourth-order valence-corrected chi connectivity index (χ4v) is 0.728. The van der Waals surface area contributed by atoms with Gasteiger partial charge in [0.25, 0.3) is 0 Å². The maximum atomic E-state index is 10.2. The molecule has 16 heavy (non-hydrogen) atoms. The van der Waals surface area contributed by atoms with Gasteiger partial charge in [-0.3, -0.25) is 20.2 Å². The van der Waals surface area contributed by atoms with Gasteiger partial charge < -0.3 is 10.1 Å². The van der Waals surface area contributed by atoms with Gasteiger partial charge in [-0.2, -0.15) is 0 Å². The summed E-state index contributed by atoms with van der Waals surface area (Å²) >= 11 is 0. The third-order valence-electron chi connectivity index (χ3n) is 1.29. The molecular weight excluding hydrogens is 255 g/mol. The van der Waals surface area contributed by atoms with E-state index in [1.54, 1.807) is 5.10 Å². The van der Waals surface area contributed by atoms with Gasteiger partial charge in [-0.15, -0.1) is 5.10 Å². The third-order valence-corrected chi connectivity index (χ3v) is 1.29. The summed E-state index contributed by atoms with van der Waals surface area (Å²) in [5.41, 5.74) is 0. The molecule has 0 saturated carbocycles. The zero-order chi connectivity index (χ0) is 11.6. The molecule has 0 spiro atoms. The van der Waals surface area contributed by atoms with Gasteiger partial charge in [0, 0.05) is 51.4 Å². The van der Waals surface area contributed by atoms with Crippen LogP contribution in [0.15, 0.2) is 0 Å². The van der Waals surface area contributed by atoms with E-state index >= 15 is 0 Å². The Hall–Kier alpha value is -1.02. The van der Waals surface area contributed by atoms with Crippen LogP contribution in [0.4, 0.5) is 5.95 Å². The van der Waals surface area contributed by atoms with Crippen LogP contribution in [0.5, 0.6) is 0 Å². The second-order valence-corrected chi connectivity index (χ2v) is 2.22. The van der Waals surface area contributed by atoms with Gasteiger partial charge in [-0.25, -0.2) is 0 Å². The number of hydrogen-bond donors (Lipinski definition) is 1.